The molecule has 0 radical (unpaired) electrons. The number of benzene rings is 2. The Morgan fingerprint density at radius 2 is 1.92 bits per heavy atom. The van der Waals surface area contributed by atoms with E-state index in [1.807, 2.05) is 53.9 Å². The van der Waals surface area contributed by atoms with Crippen molar-refractivity contribution >= 4 is 50.1 Å². The number of thioether (sulfide) groups is 1. The molecule has 1 N–H and O–H groups in total. The van der Waals surface area contributed by atoms with Crippen molar-refractivity contribution in [3.05, 3.63) is 58.4 Å². The van der Waals surface area contributed by atoms with Crippen LogP contribution in [0.2, 0.25) is 0 Å². The number of anilines is 1. The number of nitrogens with one attached hydrogen (secondary N) is 1. The normalized spacial score (nSPS) is 10.5. The van der Waals surface area contributed by atoms with Crippen molar-refractivity contribution in [3.63, 3.8) is 0 Å². The lowest BCUT2D eigenvalue weighted by molar-refractivity contribution is -0.115. The molecule has 0 spiro atoms. The predicted molar refractivity (Wildman–Crippen MR) is 112 cm³/mol. The van der Waals surface area contributed by atoms with Crippen molar-refractivity contribution in [2.45, 2.75) is 11.3 Å². The molecule has 0 aliphatic rings. The van der Waals surface area contributed by atoms with Crippen LogP contribution in [0.25, 0.3) is 11.3 Å². The second-order valence-electron chi connectivity index (χ2n) is 5.37. The van der Waals surface area contributed by atoms with E-state index in [-0.39, 0.29) is 5.91 Å². The van der Waals surface area contributed by atoms with Crippen molar-refractivity contribution in [1.29, 1.82) is 0 Å². The molecule has 0 saturated carbocycles. The molecule has 26 heavy (non-hydrogen) atoms. The summed E-state index contributed by atoms with van der Waals surface area (Å²) in [6, 6.07) is 15.8. The molecule has 0 aliphatic heterocycles. The number of thiazole rings is 1. The van der Waals surface area contributed by atoms with Crippen LogP contribution < -0.4 is 10.1 Å². The first kappa shape index (κ1) is 18.9. The van der Waals surface area contributed by atoms with Crippen molar-refractivity contribution < 1.29 is 9.53 Å². The zero-order valence-electron chi connectivity index (χ0n) is 14.1. The third kappa shape index (κ3) is 5.33. The van der Waals surface area contributed by atoms with Crippen LogP contribution in [0, 0.1) is 0 Å². The van der Waals surface area contributed by atoms with E-state index < -0.39 is 0 Å². The first-order chi connectivity index (χ1) is 12.6. The van der Waals surface area contributed by atoms with E-state index in [0.717, 1.165) is 26.4 Å². The number of ether oxygens (including phenoxy) is 1. The predicted octanol–water partition coefficient (Wildman–Crippen LogP) is 5.70. The number of methoxy groups -OCH3 is 1. The largest absolute Gasteiger partial charge is 0.497 e. The van der Waals surface area contributed by atoms with Gasteiger partial charge in [-0.25, -0.2) is 4.98 Å². The number of amides is 1. The number of hydrogen-bond acceptors (Lipinski definition) is 5. The van der Waals surface area contributed by atoms with Gasteiger partial charge in [0.25, 0.3) is 0 Å². The van der Waals surface area contributed by atoms with Gasteiger partial charge >= 0.3 is 0 Å². The molecular formula is C19H17BrN2O2S2. The Morgan fingerprint density at radius 1 is 1.19 bits per heavy atom. The molecule has 0 aliphatic carbocycles. The Hall–Kier alpha value is -1.83. The van der Waals surface area contributed by atoms with Gasteiger partial charge in [0.2, 0.25) is 5.91 Å². The van der Waals surface area contributed by atoms with E-state index in [2.05, 4.69) is 26.2 Å². The number of carbonyl (C=O) groups excluding carboxylic acids is 1. The van der Waals surface area contributed by atoms with Gasteiger partial charge in [0.1, 0.15) is 5.75 Å². The quantitative estimate of drug-likeness (QED) is 0.470. The van der Waals surface area contributed by atoms with Crippen LogP contribution in [-0.2, 0) is 4.79 Å². The molecular weight excluding hydrogens is 432 g/mol. The van der Waals surface area contributed by atoms with Gasteiger partial charge in [-0.3, -0.25) is 4.79 Å². The number of rotatable bonds is 7. The minimum absolute atomic E-state index is 0.0253. The maximum absolute atomic E-state index is 12.1. The van der Waals surface area contributed by atoms with E-state index in [0.29, 0.717) is 17.3 Å². The molecule has 4 nitrogen and oxygen atoms in total. The molecule has 0 unspecified atom stereocenters. The van der Waals surface area contributed by atoms with Crippen molar-refractivity contribution in [2.24, 2.45) is 0 Å². The van der Waals surface area contributed by atoms with Crippen LogP contribution >= 0.6 is 39.0 Å². The number of hydrogen-bond donors (Lipinski definition) is 1. The standard InChI is InChI=1S/C19H17BrN2O2S2/c1-24-15-6-8-16(9-7-15)25-11-10-18(23)22-19-21-17(12-26-19)13-2-4-14(20)5-3-13/h2-9,12H,10-11H2,1H3,(H,21,22,23). The molecule has 7 heteroatoms. The van der Waals surface area contributed by atoms with Crippen LogP contribution in [0.4, 0.5) is 5.13 Å². The van der Waals surface area contributed by atoms with Gasteiger partial charge in [0.15, 0.2) is 5.13 Å². The molecule has 0 atom stereocenters. The smallest absolute Gasteiger partial charge is 0.226 e. The van der Waals surface area contributed by atoms with Gasteiger partial charge in [-0.2, -0.15) is 0 Å². The van der Waals surface area contributed by atoms with Crippen LogP contribution in [-0.4, -0.2) is 23.8 Å². The fourth-order valence-electron chi connectivity index (χ4n) is 2.20. The number of carbonyl (C=O) groups is 1. The Morgan fingerprint density at radius 3 is 2.62 bits per heavy atom. The lowest BCUT2D eigenvalue weighted by Crippen LogP contribution is -2.11. The summed E-state index contributed by atoms with van der Waals surface area (Å²) in [5.74, 6) is 1.52. The monoisotopic (exact) mass is 448 g/mol. The fraction of sp³-hybridized carbons (Fsp3) is 0.158. The SMILES string of the molecule is COc1ccc(SCCC(=O)Nc2nc(-c3ccc(Br)cc3)cs2)cc1. The van der Waals surface area contributed by atoms with E-state index in [4.69, 9.17) is 4.74 Å². The van der Waals surface area contributed by atoms with Crippen LogP contribution in [0.3, 0.4) is 0 Å². The first-order valence-corrected chi connectivity index (χ1v) is 10.6. The van der Waals surface area contributed by atoms with E-state index >= 15 is 0 Å². The summed E-state index contributed by atoms with van der Waals surface area (Å²) in [6.07, 6.45) is 0.434. The van der Waals surface area contributed by atoms with Gasteiger partial charge in [0, 0.05) is 32.5 Å². The molecule has 0 fully saturated rings. The van der Waals surface area contributed by atoms with Crippen LogP contribution in [0.5, 0.6) is 5.75 Å². The fourth-order valence-corrected chi connectivity index (χ4v) is 4.05. The Labute approximate surface area is 169 Å². The highest BCUT2D eigenvalue weighted by atomic mass is 79.9. The summed E-state index contributed by atoms with van der Waals surface area (Å²) in [7, 11) is 1.65. The average Bonchev–Trinajstić information content (AvgIpc) is 3.11. The topological polar surface area (TPSA) is 51.2 Å². The second-order valence-corrected chi connectivity index (χ2v) is 8.31. The molecule has 0 saturated heterocycles. The van der Waals surface area contributed by atoms with Gasteiger partial charge in [-0.15, -0.1) is 23.1 Å². The number of nitrogens with zero attached hydrogens (tertiary/aromatic N) is 1. The zero-order chi connectivity index (χ0) is 18.4. The van der Waals surface area contributed by atoms with Crippen LogP contribution in [0.1, 0.15) is 6.42 Å². The Bertz CT molecular complexity index is 864. The van der Waals surface area contributed by atoms with Gasteiger partial charge in [0.05, 0.1) is 12.8 Å². The number of halogens is 1. The average molecular weight is 449 g/mol. The van der Waals surface area contributed by atoms with Crippen molar-refractivity contribution in [1.82, 2.24) is 4.98 Å². The summed E-state index contributed by atoms with van der Waals surface area (Å²) < 4.78 is 6.16. The molecule has 1 aromatic heterocycles. The summed E-state index contributed by atoms with van der Waals surface area (Å²) >= 11 is 6.50. The second kappa shape index (κ2) is 9.21. The third-order valence-electron chi connectivity index (χ3n) is 3.55. The van der Waals surface area contributed by atoms with Crippen LogP contribution in [0.15, 0.2) is 63.3 Å². The van der Waals surface area contributed by atoms with Gasteiger partial charge < -0.3 is 10.1 Å². The summed E-state index contributed by atoms with van der Waals surface area (Å²) in [5.41, 5.74) is 1.89. The summed E-state index contributed by atoms with van der Waals surface area (Å²) in [4.78, 5) is 17.7. The molecule has 3 rings (SSSR count). The highest BCUT2D eigenvalue weighted by molar-refractivity contribution is 9.10. The molecule has 1 amide bonds. The van der Waals surface area contributed by atoms with E-state index in [9.17, 15) is 4.79 Å². The zero-order valence-corrected chi connectivity index (χ0v) is 17.3. The number of aromatic nitrogens is 1. The van der Waals surface area contributed by atoms with Crippen molar-refractivity contribution in [3.8, 4) is 17.0 Å². The van der Waals surface area contributed by atoms with Crippen molar-refractivity contribution in [2.75, 3.05) is 18.2 Å². The maximum Gasteiger partial charge on any atom is 0.226 e. The maximum atomic E-state index is 12.1. The minimum atomic E-state index is -0.0253. The summed E-state index contributed by atoms with van der Waals surface area (Å²) in [6.45, 7) is 0. The lowest BCUT2D eigenvalue weighted by atomic mass is 10.2. The minimum Gasteiger partial charge on any atom is -0.497 e. The first-order valence-electron chi connectivity index (χ1n) is 7.92. The lowest BCUT2D eigenvalue weighted by Gasteiger charge is -2.04. The molecule has 134 valence electrons. The third-order valence-corrected chi connectivity index (χ3v) is 5.85. The Kier molecular flexibility index (Phi) is 6.71. The molecule has 0 bridgehead atoms. The highest BCUT2D eigenvalue weighted by Gasteiger charge is 2.08. The highest BCUT2D eigenvalue weighted by Crippen LogP contribution is 2.26. The van der Waals surface area contributed by atoms with E-state index in [1.54, 1.807) is 18.9 Å². The van der Waals surface area contributed by atoms with E-state index in [1.165, 1.54) is 11.3 Å². The van der Waals surface area contributed by atoms with Gasteiger partial charge in [-0.1, -0.05) is 28.1 Å². The molecule has 1 heterocycles. The molecule has 2 aromatic carbocycles. The Balaban J connectivity index is 1.48. The molecule has 3 aromatic rings. The van der Waals surface area contributed by atoms with Gasteiger partial charge in [-0.05, 0) is 36.4 Å². The summed E-state index contributed by atoms with van der Waals surface area (Å²) in [5, 5.41) is 5.45.